The van der Waals surface area contributed by atoms with E-state index in [0.717, 1.165) is 35.2 Å². The summed E-state index contributed by atoms with van der Waals surface area (Å²) < 4.78 is 1.14. The zero-order valence-electron chi connectivity index (χ0n) is 12.9. The molecule has 0 aliphatic heterocycles. The highest BCUT2D eigenvalue weighted by atomic mass is 79.9. The summed E-state index contributed by atoms with van der Waals surface area (Å²) in [7, 11) is 0. The van der Waals surface area contributed by atoms with E-state index in [1.165, 1.54) is 31.2 Å². The molecule has 2 fully saturated rings. The van der Waals surface area contributed by atoms with Crippen molar-refractivity contribution >= 4 is 15.9 Å². The largest absolute Gasteiger partial charge is 0.329 e. The standard InChI is InChI=1S/C18H27BrN2/c1-18(12-20,10-13-2-8-16(19)9-3-13)21-11-17(14-4-5-14)15-6-7-15/h2-3,8-9,14-15,17,21H,4-7,10-12,20H2,1H3. The van der Waals surface area contributed by atoms with E-state index in [0.29, 0.717) is 6.54 Å². The number of nitrogens with two attached hydrogens (primary N) is 1. The average molecular weight is 351 g/mol. The molecule has 3 rings (SSSR count). The van der Waals surface area contributed by atoms with Crippen LogP contribution in [0.2, 0.25) is 0 Å². The van der Waals surface area contributed by atoms with Crippen LogP contribution >= 0.6 is 15.9 Å². The van der Waals surface area contributed by atoms with Gasteiger partial charge in [0.25, 0.3) is 0 Å². The Hall–Kier alpha value is -0.380. The van der Waals surface area contributed by atoms with Crippen molar-refractivity contribution < 1.29 is 0 Å². The van der Waals surface area contributed by atoms with Gasteiger partial charge in [0, 0.05) is 16.6 Å². The molecule has 1 atom stereocenters. The summed E-state index contributed by atoms with van der Waals surface area (Å²) in [5.41, 5.74) is 7.45. The third-order valence-electron chi connectivity index (χ3n) is 5.18. The lowest BCUT2D eigenvalue weighted by atomic mass is 9.90. The van der Waals surface area contributed by atoms with Gasteiger partial charge >= 0.3 is 0 Å². The van der Waals surface area contributed by atoms with Crippen molar-refractivity contribution in [1.82, 2.24) is 5.32 Å². The molecule has 1 aromatic rings. The number of hydrogen-bond donors (Lipinski definition) is 2. The maximum Gasteiger partial charge on any atom is 0.0316 e. The molecule has 0 bridgehead atoms. The van der Waals surface area contributed by atoms with Gasteiger partial charge in [0.2, 0.25) is 0 Å². The van der Waals surface area contributed by atoms with Crippen LogP contribution in [0.4, 0.5) is 0 Å². The van der Waals surface area contributed by atoms with Crippen LogP contribution in [0.15, 0.2) is 28.7 Å². The predicted octanol–water partition coefficient (Wildman–Crippen LogP) is 3.73. The van der Waals surface area contributed by atoms with Crippen molar-refractivity contribution in [3.05, 3.63) is 34.3 Å². The summed E-state index contributed by atoms with van der Waals surface area (Å²) in [6, 6.07) is 8.62. The molecule has 116 valence electrons. The minimum atomic E-state index is 0.00978. The fourth-order valence-corrected chi connectivity index (χ4v) is 3.66. The molecule has 0 saturated heterocycles. The lowest BCUT2D eigenvalue weighted by Crippen LogP contribution is -2.52. The third-order valence-corrected chi connectivity index (χ3v) is 5.71. The van der Waals surface area contributed by atoms with Gasteiger partial charge in [0.05, 0.1) is 0 Å². The van der Waals surface area contributed by atoms with Crippen molar-refractivity contribution in [3.8, 4) is 0 Å². The molecule has 0 amide bonds. The maximum absolute atomic E-state index is 6.08. The second-order valence-corrected chi connectivity index (χ2v) is 8.20. The molecule has 2 saturated carbocycles. The summed E-state index contributed by atoms with van der Waals surface area (Å²) in [6.45, 7) is 4.11. The van der Waals surface area contributed by atoms with Crippen LogP contribution in [0.1, 0.15) is 38.2 Å². The summed E-state index contributed by atoms with van der Waals surface area (Å²) in [4.78, 5) is 0. The van der Waals surface area contributed by atoms with E-state index in [1.807, 2.05) is 0 Å². The van der Waals surface area contributed by atoms with Gasteiger partial charge < -0.3 is 11.1 Å². The van der Waals surface area contributed by atoms with Gasteiger partial charge in [-0.15, -0.1) is 0 Å². The van der Waals surface area contributed by atoms with E-state index >= 15 is 0 Å². The Morgan fingerprint density at radius 1 is 1.19 bits per heavy atom. The van der Waals surface area contributed by atoms with E-state index < -0.39 is 0 Å². The van der Waals surface area contributed by atoms with Gasteiger partial charge in [-0.05, 0) is 81.0 Å². The van der Waals surface area contributed by atoms with Gasteiger partial charge in [0.15, 0.2) is 0 Å². The lowest BCUT2D eigenvalue weighted by molar-refractivity contribution is 0.294. The van der Waals surface area contributed by atoms with E-state index in [4.69, 9.17) is 5.73 Å². The molecule has 0 aromatic heterocycles. The molecule has 0 spiro atoms. The normalized spacial score (nSPS) is 21.5. The molecule has 3 heteroatoms. The number of benzene rings is 1. The van der Waals surface area contributed by atoms with Crippen LogP contribution in [0, 0.1) is 17.8 Å². The van der Waals surface area contributed by atoms with Crippen LogP contribution in [0.5, 0.6) is 0 Å². The van der Waals surface area contributed by atoms with Gasteiger partial charge in [-0.25, -0.2) is 0 Å². The molecule has 3 N–H and O–H groups in total. The first-order valence-electron chi connectivity index (χ1n) is 8.29. The zero-order chi connectivity index (χ0) is 14.9. The molecule has 0 heterocycles. The predicted molar refractivity (Wildman–Crippen MR) is 92.2 cm³/mol. The Morgan fingerprint density at radius 3 is 2.24 bits per heavy atom. The average Bonchev–Trinajstić information content (AvgIpc) is 3.35. The molecule has 1 aromatic carbocycles. The number of rotatable bonds is 8. The van der Waals surface area contributed by atoms with Crippen LogP contribution in [0.3, 0.4) is 0 Å². The molecule has 21 heavy (non-hydrogen) atoms. The molecule has 2 aliphatic carbocycles. The summed E-state index contributed by atoms with van der Waals surface area (Å²) in [6.07, 6.45) is 6.81. The fraction of sp³-hybridized carbons (Fsp3) is 0.667. The molecule has 2 nitrogen and oxygen atoms in total. The molecule has 0 radical (unpaired) electrons. The smallest absolute Gasteiger partial charge is 0.0316 e. The van der Waals surface area contributed by atoms with Crippen molar-refractivity contribution in [3.63, 3.8) is 0 Å². The number of halogens is 1. The lowest BCUT2D eigenvalue weighted by Gasteiger charge is -2.32. The van der Waals surface area contributed by atoms with Crippen molar-refractivity contribution in [2.24, 2.45) is 23.5 Å². The minimum absolute atomic E-state index is 0.00978. The number of hydrogen-bond acceptors (Lipinski definition) is 2. The maximum atomic E-state index is 6.08. The quantitative estimate of drug-likeness (QED) is 0.749. The summed E-state index contributed by atoms with van der Waals surface area (Å²) in [5.74, 6) is 2.90. The van der Waals surface area contributed by atoms with E-state index in [-0.39, 0.29) is 5.54 Å². The van der Waals surface area contributed by atoms with Gasteiger partial charge in [0.1, 0.15) is 0 Å². The van der Waals surface area contributed by atoms with E-state index in [9.17, 15) is 0 Å². The first kappa shape index (κ1) is 15.5. The van der Waals surface area contributed by atoms with Crippen molar-refractivity contribution in [1.29, 1.82) is 0 Å². The second kappa shape index (κ2) is 6.39. The van der Waals surface area contributed by atoms with Crippen LogP contribution in [0.25, 0.3) is 0 Å². The second-order valence-electron chi connectivity index (χ2n) is 7.29. The SMILES string of the molecule is CC(CN)(Cc1ccc(Br)cc1)NCC(C1CC1)C1CC1. The zero-order valence-corrected chi connectivity index (χ0v) is 14.5. The van der Waals surface area contributed by atoms with Crippen LogP contribution in [-0.2, 0) is 6.42 Å². The Morgan fingerprint density at radius 2 is 1.76 bits per heavy atom. The topological polar surface area (TPSA) is 38.0 Å². The highest BCUT2D eigenvalue weighted by molar-refractivity contribution is 9.10. The van der Waals surface area contributed by atoms with Gasteiger partial charge in [-0.1, -0.05) is 28.1 Å². The molecule has 1 unspecified atom stereocenters. The van der Waals surface area contributed by atoms with Crippen LogP contribution in [-0.4, -0.2) is 18.6 Å². The Bertz CT molecular complexity index is 453. The Labute approximate surface area is 137 Å². The van der Waals surface area contributed by atoms with E-state index in [1.54, 1.807) is 0 Å². The highest BCUT2D eigenvalue weighted by Gasteiger charge is 2.41. The Kier molecular flexibility index (Phi) is 4.72. The summed E-state index contributed by atoms with van der Waals surface area (Å²) >= 11 is 3.50. The molecule has 2 aliphatic rings. The van der Waals surface area contributed by atoms with Gasteiger partial charge in [-0.2, -0.15) is 0 Å². The molecular formula is C18H27BrN2. The Balaban J connectivity index is 1.58. The first-order valence-corrected chi connectivity index (χ1v) is 9.08. The van der Waals surface area contributed by atoms with Crippen molar-refractivity contribution in [2.75, 3.05) is 13.1 Å². The van der Waals surface area contributed by atoms with Crippen molar-refractivity contribution in [2.45, 2.75) is 44.6 Å². The summed E-state index contributed by atoms with van der Waals surface area (Å²) in [5, 5.41) is 3.81. The fourth-order valence-electron chi connectivity index (χ4n) is 3.39. The van der Waals surface area contributed by atoms with Crippen LogP contribution < -0.4 is 11.1 Å². The minimum Gasteiger partial charge on any atom is -0.329 e. The molecular weight excluding hydrogens is 324 g/mol. The van der Waals surface area contributed by atoms with Gasteiger partial charge in [-0.3, -0.25) is 0 Å². The third kappa shape index (κ3) is 4.30. The first-order chi connectivity index (χ1) is 10.1. The highest BCUT2D eigenvalue weighted by Crippen LogP contribution is 2.49. The number of nitrogens with one attached hydrogen (secondary N) is 1. The van der Waals surface area contributed by atoms with E-state index in [2.05, 4.69) is 52.4 Å². The monoisotopic (exact) mass is 350 g/mol.